The van der Waals surface area contributed by atoms with Crippen molar-refractivity contribution >= 4 is 11.7 Å². The van der Waals surface area contributed by atoms with Crippen LogP contribution in [0.25, 0.3) is 0 Å². The van der Waals surface area contributed by atoms with E-state index in [9.17, 15) is 4.79 Å². The summed E-state index contributed by atoms with van der Waals surface area (Å²) in [4.78, 5) is 16.1. The number of carbonyl (C=O) groups excluding carboxylic acids is 1. The van der Waals surface area contributed by atoms with Gasteiger partial charge in [-0.3, -0.25) is 0 Å². The number of carbonyl (C=O) groups is 1. The molecular formula is C16H25N3O3. The van der Waals surface area contributed by atoms with Crippen LogP contribution in [-0.2, 0) is 9.47 Å². The molecule has 1 aromatic rings. The molecule has 1 fully saturated rings. The minimum atomic E-state index is -0.0682. The first-order valence-electron chi connectivity index (χ1n) is 7.62. The average molecular weight is 307 g/mol. The van der Waals surface area contributed by atoms with E-state index in [1.807, 2.05) is 4.90 Å². The SMILES string of the molecule is COCCOCNC(=O)N1CCN(c2cccc(C)c2)CC1. The number of ether oxygens (including phenoxy) is 2. The summed E-state index contributed by atoms with van der Waals surface area (Å²) in [6.07, 6.45) is 0. The van der Waals surface area contributed by atoms with E-state index >= 15 is 0 Å². The number of amides is 2. The minimum absolute atomic E-state index is 0.0682. The quantitative estimate of drug-likeness (QED) is 0.638. The fourth-order valence-electron chi connectivity index (χ4n) is 2.43. The molecule has 1 aliphatic heterocycles. The van der Waals surface area contributed by atoms with Gasteiger partial charge in [-0.15, -0.1) is 0 Å². The third-order valence-electron chi connectivity index (χ3n) is 3.69. The minimum Gasteiger partial charge on any atom is -0.382 e. The Bertz CT molecular complexity index is 473. The predicted molar refractivity (Wildman–Crippen MR) is 86.2 cm³/mol. The zero-order valence-corrected chi connectivity index (χ0v) is 13.4. The second kappa shape index (κ2) is 8.60. The van der Waals surface area contributed by atoms with Gasteiger partial charge in [0.2, 0.25) is 0 Å². The maximum absolute atomic E-state index is 12.0. The first kappa shape index (κ1) is 16.6. The smallest absolute Gasteiger partial charge is 0.319 e. The predicted octanol–water partition coefficient (Wildman–Crippen LogP) is 1.45. The van der Waals surface area contributed by atoms with Gasteiger partial charge in [0.1, 0.15) is 6.73 Å². The number of aryl methyl sites for hydroxylation is 1. The van der Waals surface area contributed by atoms with Gasteiger partial charge in [0.05, 0.1) is 13.2 Å². The van der Waals surface area contributed by atoms with Crippen LogP contribution >= 0.6 is 0 Å². The second-order valence-corrected chi connectivity index (χ2v) is 5.34. The summed E-state index contributed by atoms with van der Waals surface area (Å²) in [7, 11) is 1.62. The summed E-state index contributed by atoms with van der Waals surface area (Å²) in [6.45, 7) is 6.47. The summed E-state index contributed by atoms with van der Waals surface area (Å²) < 4.78 is 10.1. The van der Waals surface area contributed by atoms with E-state index in [2.05, 4.69) is 41.4 Å². The molecule has 1 aromatic carbocycles. The molecule has 0 unspecified atom stereocenters. The average Bonchev–Trinajstić information content (AvgIpc) is 2.54. The Kier molecular flexibility index (Phi) is 6.48. The van der Waals surface area contributed by atoms with Crippen LogP contribution in [0.1, 0.15) is 5.56 Å². The Balaban J connectivity index is 1.71. The molecule has 122 valence electrons. The van der Waals surface area contributed by atoms with E-state index in [4.69, 9.17) is 9.47 Å². The van der Waals surface area contributed by atoms with E-state index in [1.54, 1.807) is 7.11 Å². The lowest BCUT2D eigenvalue weighted by Gasteiger charge is -2.36. The van der Waals surface area contributed by atoms with Crippen molar-refractivity contribution in [3.63, 3.8) is 0 Å². The number of benzene rings is 1. The lowest BCUT2D eigenvalue weighted by molar-refractivity contribution is 0.0615. The lowest BCUT2D eigenvalue weighted by atomic mass is 10.2. The van der Waals surface area contributed by atoms with E-state index in [0.29, 0.717) is 13.2 Å². The highest BCUT2D eigenvalue weighted by Crippen LogP contribution is 2.17. The monoisotopic (exact) mass is 307 g/mol. The van der Waals surface area contributed by atoms with E-state index in [0.717, 1.165) is 26.2 Å². The maximum Gasteiger partial charge on any atom is 0.319 e. The largest absolute Gasteiger partial charge is 0.382 e. The zero-order chi connectivity index (χ0) is 15.8. The number of urea groups is 1. The Labute approximate surface area is 132 Å². The Morgan fingerprint density at radius 1 is 1.23 bits per heavy atom. The van der Waals surface area contributed by atoms with Crippen LogP contribution in [0.5, 0.6) is 0 Å². The molecule has 0 bridgehead atoms. The maximum atomic E-state index is 12.0. The number of methoxy groups -OCH3 is 1. The molecule has 2 amide bonds. The zero-order valence-electron chi connectivity index (χ0n) is 13.4. The highest BCUT2D eigenvalue weighted by Gasteiger charge is 2.20. The molecule has 2 rings (SSSR count). The van der Waals surface area contributed by atoms with Gasteiger partial charge < -0.3 is 24.6 Å². The van der Waals surface area contributed by atoms with Crippen LogP contribution in [0.2, 0.25) is 0 Å². The van der Waals surface area contributed by atoms with Crippen LogP contribution in [0.4, 0.5) is 10.5 Å². The lowest BCUT2D eigenvalue weighted by Crippen LogP contribution is -2.52. The normalized spacial score (nSPS) is 15.0. The number of hydrogen-bond donors (Lipinski definition) is 1. The standard InChI is InChI=1S/C16H25N3O3/c1-14-4-3-5-15(12-14)18-6-8-19(9-7-18)16(20)17-13-22-11-10-21-2/h3-5,12H,6-11,13H2,1-2H3,(H,17,20). The molecule has 6 heteroatoms. The van der Waals surface area contributed by atoms with Gasteiger partial charge in [-0.1, -0.05) is 12.1 Å². The van der Waals surface area contributed by atoms with Crippen LogP contribution in [0, 0.1) is 6.92 Å². The van der Waals surface area contributed by atoms with Crippen molar-refractivity contribution < 1.29 is 14.3 Å². The van der Waals surface area contributed by atoms with Crippen molar-refractivity contribution in [3.05, 3.63) is 29.8 Å². The van der Waals surface area contributed by atoms with Gasteiger partial charge in [0, 0.05) is 39.0 Å². The summed E-state index contributed by atoms with van der Waals surface area (Å²) in [6, 6.07) is 8.39. The molecule has 0 radical (unpaired) electrons. The number of nitrogens with zero attached hydrogens (tertiary/aromatic N) is 2. The molecule has 0 spiro atoms. The Morgan fingerprint density at radius 2 is 2.00 bits per heavy atom. The van der Waals surface area contributed by atoms with Crippen molar-refractivity contribution in [1.82, 2.24) is 10.2 Å². The Morgan fingerprint density at radius 3 is 2.68 bits per heavy atom. The van der Waals surface area contributed by atoms with Gasteiger partial charge >= 0.3 is 6.03 Å². The van der Waals surface area contributed by atoms with Crippen molar-refractivity contribution in [1.29, 1.82) is 0 Å². The number of rotatable bonds is 6. The first-order valence-corrected chi connectivity index (χ1v) is 7.62. The molecule has 0 saturated carbocycles. The van der Waals surface area contributed by atoms with Crippen molar-refractivity contribution in [2.24, 2.45) is 0 Å². The van der Waals surface area contributed by atoms with Gasteiger partial charge in [0.15, 0.2) is 0 Å². The fourth-order valence-corrected chi connectivity index (χ4v) is 2.43. The van der Waals surface area contributed by atoms with Crippen LogP contribution in [0.15, 0.2) is 24.3 Å². The van der Waals surface area contributed by atoms with Crippen LogP contribution in [0.3, 0.4) is 0 Å². The van der Waals surface area contributed by atoms with E-state index < -0.39 is 0 Å². The van der Waals surface area contributed by atoms with Crippen molar-refractivity contribution in [2.75, 3.05) is 58.1 Å². The molecule has 0 aliphatic carbocycles. The first-order chi connectivity index (χ1) is 10.7. The summed E-state index contributed by atoms with van der Waals surface area (Å²) in [5.41, 5.74) is 2.48. The highest BCUT2D eigenvalue weighted by atomic mass is 16.5. The molecule has 22 heavy (non-hydrogen) atoms. The van der Waals surface area contributed by atoms with E-state index in [-0.39, 0.29) is 12.8 Å². The molecule has 1 aliphatic rings. The van der Waals surface area contributed by atoms with Crippen LogP contribution in [-0.4, -0.2) is 64.2 Å². The van der Waals surface area contributed by atoms with Gasteiger partial charge in [-0.2, -0.15) is 0 Å². The molecule has 0 aromatic heterocycles. The molecule has 1 heterocycles. The third-order valence-corrected chi connectivity index (χ3v) is 3.69. The molecule has 6 nitrogen and oxygen atoms in total. The second-order valence-electron chi connectivity index (χ2n) is 5.34. The van der Waals surface area contributed by atoms with Gasteiger partial charge in [0.25, 0.3) is 0 Å². The van der Waals surface area contributed by atoms with Crippen LogP contribution < -0.4 is 10.2 Å². The topological polar surface area (TPSA) is 54.0 Å². The summed E-state index contributed by atoms with van der Waals surface area (Å²) >= 11 is 0. The number of piperazine rings is 1. The van der Waals surface area contributed by atoms with E-state index in [1.165, 1.54) is 11.3 Å². The number of hydrogen-bond acceptors (Lipinski definition) is 4. The van der Waals surface area contributed by atoms with Crippen molar-refractivity contribution in [2.45, 2.75) is 6.92 Å². The number of nitrogens with one attached hydrogen (secondary N) is 1. The third kappa shape index (κ3) is 4.89. The molecule has 1 N–H and O–H groups in total. The molecule has 0 atom stereocenters. The number of anilines is 1. The fraction of sp³-hybridized carbons (Fsp3) is 0.562. The van der Waals surface area contributed by atoms with Crippen molar-refractivity contribution in [3.8, 4) is 0 Å². The van der Waals surface area contributed by atoms with Gasteiger partial charge in [-0.25, -0.2) is 4.79 Å². The highest BCUT2D eigenvalue weighted by molar-refractivity contribution is 5.74. The summed E-state index contributed by atoms with van der Waals surface area (Å²) in [5.74, 6) is 0. The Hall–Kier alpha value is -1.79. The summed E-state index contributed by atoms with van der Waals surface area (Å²) in [5, 5.41) is 2.77. The molecule has 1 saturated heterocycles. The molecular weight excluding hydrogens is 282 g/mol. The van der Waals surface area contributed by atoms with Gasteiger partial charge in [-0.05, 0) is 24.6 Å².